The van der Waals surface area contributed by atoms with Crippen LogP contribution in [0.25, 0.3) is 22.8 Å². The Bertz CT molecular complexity index is 1050. The number of pyridine rings is 1. The van der Waals surface area contributed by atoms with Crippen LogP contribution in [0.2, 0.25) is 5.02 Å². The molecule has 174 valence electrons. The fourth-order valence-corrected chi connectivity index (χ4v) is 4.02. The molecule has 0 radical (unpaired) electrons. The maximum absolute atomic E-state index is 12.5. The van der Waals surface area contributed by atoms with Crippen LogP contribution in [0, 0.1) is 5.92 Å². The molecule has 8 nitrogen and oxygen atoms in total. The third-order valence-electron chi connectivity index (χ3n) is 5.68. The number of aromatic nitrogens is 3. The number of anilines is 1. The highest BCUT2D eigenvalue weighted by molar-refractivity contribution is 6.30. The summed E-state index contributed by atoms with van der Waals surface area (Å²) >= 11 is 5.97. The summed E-state index contributed by atoms with van der Waals surface area (Å²) < 4.78 is 10.9. The Kier molecular flexibility index (Phi) is 7.91. The molecule has 3 aromatic rings. The molecule has 0 aliphatic carbocycles. The summed E-state index contributed by atoms with van der Waals surface area (Å²) in [5.41, 5.74) is 1.61. The Labute approximate surface area is 198 Å². The number of benzene rings is 1. The van der Waals surface area contributed by atoms with Crippen molar-refractivity contribution in [1.29, 1.82) is 0 Å². The first-order valence-electron chi connectivity index (χ1n) is 11.3. The van der Waals surface area contributed by atoms with Crippen LogP contribution in [0.15, 0.2) is 47.1 Å². The van der Waals surface area contributed by atoms with Crippen LogP contribution in [0.5, 0.6) is 0 Å². The third kappa shape index (κ3) is 5.89. The number of halogens is 1. The van der Waals surface area contributed by atoms with Gasteiger partial charge >= 0.3 is 0 Å². The summed E-state index contributed by atoms with van der Waals surface area (Å²) in [7, 11) is 0. The zero-order chi connectivity index (χ0) is 23.0. The first-order chi connectivity index (χ1) is 16.2. The summed E-state index contributed by atoms with van der Waals surface area (Å²) in [5, 5.41) is 7.81. The van der Waals surface area contributed by atoms with E-state index >= 15 is 0 Å². The minimum absolute atomic E-state index is 0.0143. The van der Waals surface area contributed by atoms with Crippen molar-refractivity contribution in [2.75, 3.05) is 37.7 Å². The van der Waals surface area contributed by atoms with Crippen LogP contribution >= 0.6 is 11.6 Å². The van der Waals surface area contributed by atoms with Crippen LogP contribution in [0.4, 0.5) is 5.82 Å². The fourth-order valence-electron chi connectivity index (χ4n) is 3.89. The van der Waals surface area contributed by atoms with Crippen LogP contribution in [-0.2, 0) is 9.53 Å². The topological polar surface area (TPSA) is 93.4 Å². The Morgan fingerprint density at radius 1 is 1.24 bits per heavy atom. The number of hydrogen-bond acceptors (Lipinski definition) is 7. The van der Waals surface area contributed by atoms with E-state index in [0.29, 0.717) is 36.5 Å². The number of nitrogens with one attached hydrogen (secondary N) is 1. The predicted molar refractivity (Wildman–Crippen MR) is 127 cm³/mol. The zero-order valence-electron chi connectivity index (χ0n) is 18.7. The lowest BCUT2D eigenvalue weighted by Crippen LogP contribution is -2.41. The van der Waals surface area contributed by atoms with E-state index in [1.807, 2.05) is 31.2 Å². The standard InChI is InChI=1S/C24H28ClN5O3/c1-2-32-16-4-13-27-23(31)18-10-14-30(15-11-18)22-20(5-3-12-26-22)24-28-21(29-33-24)17-6-8-19(25)9-7-17/h3,5-9,12,18H,2,4,10-11,13-16H2,1H3,(H,27,31). The summed E-state index contributed by atoms with van der Waals surface area (Å²) in [6.07, 6.45) is 4.13. The number of ether oxygens (including phenoxy) is 1. The molecule has 3 heterocycles. The molecule has 4 rings (SSSR count). The van der Waals surface area contributed by atoms with Gasteiger partial charge in [0.05, 0.1) is 5.56 Å². The van der Waals surface area contributed by atoms with Crippen molar-refractivity contribution in [2.45, 2.75) is 26.2 Å². The van der Waals surface area contributed by atoms with Gasteiger partial charge < -0.3 is 19.5 Å². The van der Waals surface area contributed by atoms with Gasteiger partial charge in [-0.25, -0.2) is 4.98 Å². The molecule has 1 saturated heterocycles. The van der Waals surface area contributed by atoms with Crippen molar-refractivity contribution in [2.24, 2.45) is 5.92 Å². The van der Waals surface area contributed by atoms with Crippen molar-refractivity contribution in [1.82, 2.24) is 20.4 Å². The summed E-state index contributed by atoms with van der Waals surface area (Å²) in [4.78, 5) is 23.8. The molecule has 1 aliphatic heterocycles. The zero-order valence-corrected chi connectivity index (χ0v) is 19.4. The highest BCUT2D eigenvalue weighted by atomic mass is 35.5. The van der Waals surface area contributed by atoms with Gasteiger partial charge in [-0.3, -0.25) is 4.79 Å². The molecule has 0 unspecified atom stereocenters. The number of hydrogen-bond donors (Lipinski definition) is 1. The van der Waals surface area contributed by atoms with Gasteiger partial charge in [-0.1, -0.05) is 16.8 Å². The lowest BCUT2D eigenvalue weighted by atomic mass is 9.95. The van der Waals surface area contributed by atoms with Crippen LogP contribution in [-0.4, -0.2) is 53.9 Å². The van der Waals surface area contributed by atoms with Gasteiger partial charge in [-0.05, 0) is 62.6 Å². The van der Waals surface area contributed by atoms with Crippen molar-refractivity contribution in [3.05, 3.63) is 47.6 Å². The molecule has 1 N–H and O–H groups in total. The van der Waals surface area contributed by atoms with Gasteiger partial charge in [-0.15, -0.1) is 0 Å². The number of piperidine rings is 1. The Morgan fingerprint density at radius 2 is 2.03 bits per heavy atom. The van der Waals surface area contributed by atoms with Crippen LogP contribution < -0.4 is 10.2 Å². The van der Waals surface area contributed by atoms with E-state index in [1.165, 1.54) is 0 Å². The second kappa shape index (κ2) is 11.2. The number of carbonyl (C=O) groups is 1. The second-order valence-electron chi connectivity index (χ2n) is 7.91. The maximum atomic E-state index is 12.5. The summed E-state index contributed by atoms with van der Waals surface area (Å²) in [6, 6.07) is 11.1. The molecular weight excluding hydrogens is 442 g/mol. The van der Waals surface area contributed by atoms with E-state index in [-0.39, 0.29) is 11.8 Å². The van der Waals surface area contributed by atoms with Crippen molar-refractivity contribution in [3.63, 3.8) is 0 Å². The summed E-state index contributed by atoms with van der Waals surface area (Å²) in [6.45, 7) is 5.46. The molecule has 0 saturated carbocycles. The second-order valence-corrected chi connectivity index (χ2v) is 8.34. The minimum Gasteiger partial charge on any atom is -0.382 e. The van der Waals surface area contributed by atoms with E-state index in [4.69, 9.17) is 20.9 Å². The van der Waals surface area contributed by atoms with Crippen LogP contribution in [0.3, 0.4) is 0 Å². The van der Waals surface area contributed by atoms with Crippen molar-refractivity contribution >= 4 is 23.3 Å². The average Bonchev–Trinajstić information content (AvgIpc) is 3.34. The molecule has 33 heavy (non-hydrogen) atoms. The van der Waals surface area contributed by atoms with Gasteiger partial charge in [0.15, 0.2) is 0 Å². The molecule has 0 spiro atoms. The predicted octanol–water partition coefficient (Wildman–Crippen LogP) is 4.21. The van der Waals surface area contributed by atoms with Gasteiger partial charge in [0.25, 0.3) is 5.89 Å². The maximum Gasteiger partial charge on any atom is 0.261 e. The molecule has 1 aliphatic rings. The monoisotopic (exact) mass is 469 g/mol. The first kappa shape index (κ1) is 23.2. The molecule has 1 amide bonds. The largest absolute Gasteiger partial charge is 0.382 e. The van der Waals surface area contributed by atoms with E-state index in [1.54, 1.807) is 18.3 Å². The minimum atomic E-state index is 0.0143. The SMILES string of the molecule is CCOCCCNC(=O)C1CCN(c2ncccc2-c2nc(-c3ccc(Cl)cc3)no2)CC1. The van der Waals surface area contributed by atoms with E-state index in [2.05, 4.69) is 25.3 Å². The molecule has 0 atom stereocenters. The normalized spacial score (nSPS) is 14.4. The Hall–Kier alpha value is -2.97. The van der Waals surface area contributed by atoms with Gasteiger partial charge in [-0.2, -0.15) is 4.98 Å². The molecular formula is C24H28ClN5O3. The first-order valence-corrected chi connectivity index (χ1v) is 11.7. The third-order valence-corrected chi connectivity index (χ3v) is 5.93. The highest BCUT2D eigenvalue weighted by Gasteiger charge is 2.27. The van der Waals surface area contributed by atoms with Crippen molar-refractivity contribution < 1.29 is 14.1 Å². The molecule has 1 fully saturated rings. The van der Waals surface area contributed by atoms with Gasteiger partial charge in [0, 0.05) is 55.5 Å². The van der Waals surface area contributed by atoms with E-state index in [0.717, 1.165) is 49.3 Å². The fraction of sp³-hybridized carbons (Fsp3) is 0.417. The van der Waals surface area contributed by atoms with Gasteiger partial charge in [0.1, 0.15) is 5.82 Å². The highest BCUT2D eigenvalue weighted by Crippen LogP contribution is 2.32. The number of carbonyl (C=O) groups excluding carboxylic acids is 1. The number of nitrogens with zero attached hydrogens (tertiary/aromatic N) is 4. The molecule has 1 aromatic carbocycles. The Balaban J connectivity index is 1.39. The quantitative estimate of drug-likeness (QED) is 0.469. The van der Waals surface area contributed by atoms with E-state index in [9.17, 15) is 4.79 Å². The number of rotatable bonds is 9. The lowest BCUT2D eigenvalue weighted by molar-refractivity contribution is -0.125. The lowest BCUT2D eigenvalue weighted by Gasteiger charge is -2.32. The molecule has 2 aromatic heterocycles. The van der Waals surface area contributed by atoms with E-state index < -0.39 is 0 Å². The average molecular weight is 470 g/mol. The van der Waals surface area contributed by atoms with Crippen molar-refractivity contribution in [3.8, 4) is 22.8 Å². The van der Waals surface area contributed by atoms with Gasteiger partial charge in [0.2, 0.25) is 11.7 Å². The summed E-state index contributed by atoms with van der Waals surface area (Å²) in [5.74, 6) is 1.84. The smallest absolute Gasteiger partial charge is 0.261 e. The van der Waals surface area contributed by atoms with Crippen LogP contribution in [0.1, 0.15) is 26.2 Å². The molecule has 9 heteroatoms. The number of amides is 1. The molecule has 0 bridgehead atoms. The Morgan fingerprint density at radius 3 is 2.79 bits per heavy atom.